The highest BCUT2D eigenvalue weighted by Crippen LogP contribution is 2.38. The number of phosphoric ester groups is 1. The molecule has 0 aliphatic rings. The van der Waals surface area contributed by atoms with Gasteiger partial charge < -0.3 is 33.0 Å². The summed E-state index contributed by atoms with van der Waals surface area (Å²) in [7, 11) is 1.10. The molecule has 352 valence electrons. The van der Waals surface area contributed by atoms with Crippen LogP contribution in [0.5, 0.6) is 0 Å². The molecule has 0 bridgehead atoms. The number of ether oxygens (including phenoxy) is 2. The van der Waals surface area contributed by atoms with Crippen molar-refractivity contribution in [3.05, 3.63) is 72.9 Å². The second-order valence-corrected chi connectivity index (χ2v) is 18.3. The van der Waals surface area contributed by atoms with E-state index in [4.69, 9.17) is 18.5 Å². The highest BCUT2D eigenvalue weighted by Gasteiger charge is 2.21. The molecule has 0 aromatic rings. The van der Waals surface area contributed by atoms with Crippen molar-refractivity contribution in [3.63, 3.8) is 0 Å². The normalized spacial score (nSPS) is 14.7. The van der Waals surface area contributed by atoms with Crippen LogP contribution < -0.4 is 4.89 Å². The van der Waals surface area contributed by atoms with E-state index in [1.165, 1.54) is 83.5 Å². The first-order valence-electron chi connectivity index (χ1n) is 23.8. The smallest absolute Gasteiger partial charge is 0.306 e. The molecule has 0 aromatic heterocycles. The van der Waals surface area contributed by atoms with Crippen LogP contribution in [-0.4, -0.2) is 81.2 Å². The van der Waals surface area contributed by atoms with E-state index < -0.39 is 38.6 Å². The molecule has 0 aliphatic carbocycles. The molecular weight excluding hydrogens is 790 g/mol. The molecule has 0 saturated carbocycles. The number of allylic oxidation sites excluding steroid dienone is 10. The molecule has 0 heterocycles. The van der Waals surface area contributed by atoms with Crippen LogP contribution in [0.25, 0.3) is 0 Å². The third-order valence-electron chi connectivity index (χ3n) is 9.79. The van der Waals surface area contributed by atoms with Crippen molar-refractivity contribution in [2.45, 2.75) is 187 Å². The molecule has 2 unspecified atom stereocenters. The summed E-state index contributed by atoms with van der Waals surface area (Å²) in [6.07, 6.45) is 48.5. The van der Waals surface area contributed by atoms with Crippen molar-refractivity contribution >= 4 is 19.8 Å². The average molecular weight is 878 g/mol. The Kier molecular flexibility index (Phi) is 39.7. The topological polar surface area (TPSA) is 131 Å². The summed E-state index contributed by atoms with van der Waals surface area (Å²) in [6, 6.07) is 0. The lowest BCUT2D eigenvalue weighted by atomic mass is 10.1. The lowest BCUT2D eigenvalue weighted by Gasteiger charge is -2.28. The Morgan fingerprint density at radius 1 is 0.623 bits per heavy atom. The first kappa shape index (κ1) is 58.4. The number of esters is 2. The lowest BCUT2D eigenvalue weighted by Crippen LogP contribution is -2.37. The van der Waals surface area contributed by atoms with E-state index in [1.807, 2.05) is 70.6 Å². The van der Waals surface area contributed by atoms with E-state index in [1.54, 1.807) is 0 Å². The Balaban J connectivity index is 4.43. The fourth-order valence-corrected chi connectivity index (χ4v) is 6.79. The quantitative estimate of drug-likeness (QED) is 0.0159. The Morgan fingerprint density at radius 2 is 1.15 bits per heavy atom. The monoisotopic (exact) mass is 878 g/mol. The number of phosphoric acid groups is 1. The minimum Gasteiger partial charge on any atom is -0.756 e. The van der Waals surface area contributed by atoms with Gasteiger partial charge in [-0.25, -0.2) is 0 Å². The van der Waals surface area contributed by atoms with E-state index >= 15 is 0 Å². The van der Waals surface area contributed by atoms with Crippen LogP contribution in [-0.2, 0) is 32.7 Å². The molecule has 61 heavy (non-hydrogen) atoms. The molecule has 0 aliphatic heterocycles. The van der Waals surface area contributed by atoms with Crippen LogP contribution in [0.4, 0.5) is 0 Å². The fraction of sp³-hybridized carbons (Fsp3) is 0.720. The predicted molar refractivity (Wildman–Crippen MR) is 251 cm³/mol. The Morgan fingerprint density at radius 3 is 1.77 bits per heavy atom. The minimum atomic E-state index is -4.65. The maximum atomic E-state index is 12.7. The average Bonchev–Trinajstić information content (AvgIpc) is 3.21. The molecule has 10 nitrogen and oxygen atoms in total. The summed E-state index contributed by atoms with van der Waals surface area (Å²) < 4.78 is 33.9. The van der Waals surface area contributed by atoms with Gasteiger partial charge in [0.2, 0.25) is 0 Å². The number of rotatable bonds is 42. The first-order valence-corrected chi connectivity index (χ1v) is 25.2. The standard InChI is InChI=1S/C50H88NO9P/c1-6-8-10-11-12-13-14-15-16-17-18-19-20-21-26-29-32-35-38-42-50(54)60-48(46-59-61(55,56)58-44-43-51(3,4)5)45-57-49(53)41-37-34-31-28-25-23-22-24-27-30-33-36-40-47(52)39-9-7-2/h9,15-16,22-23,27-28,30-31,33,36,39,47-48,52H,6-8,10-14,17-21,24-26,29,32,34-35,37-38,40-46H2,1-5H3/b16-15-,23-22-,30-27-,31-28-,36-33+,39-9-/t47?,48-/m1/s1. The van der Waals surface area contributed by atoms with Crippen LogP contribution >= 0.6 is 7.82 Å². The second-order valence-electron chi connectivity index (χ2n) is 16.9. The number of aliphatic hydroxyl groups excluding tert-OH is 1. The zero-order valence-corrected chi connectivity index (χ0v) is 40.1. The van der Waals surface area contributed by atoms with Crippen molar-refractivity contribution in [3.8, 4) is 0 Å². The van der Waals surface area contributed by atoms with Crippen LogP contribution in [0.3, 0.4) is 0 Å². The zero-order valence-electron chi connectivity index (χ0n) is 39.2. The van der Waals surface area contributed by atoms with E-state index in [0.717, 1.165) is 38.5 Å². The third kappa shape index (κ3) is 45.3. The number of nitrogens with zero attached hydrogens (tertiary/aromatic N) is 1. The number of aliphatic hydroxyl groups is 1. The van der Waals surface area contributed by atoms with Gasteiger partial charge in [-0.05, 0) is 70.6 Å². The largest absolute Gasteiger partial charge is 0.756 e. The van der Waals surface area contributed by atoms with Crippen LogP contribution in [0.15, 0.2) is 72.9 Å². The van der Waals surface area contributed by atoms with Gasteiger partial charge in [-0.3, -0.25) is 14.2 Å². The van der Waals surface area contributed by atoms with Gasteiger partial charge in [0.1, 0.15) is 19.8 Å². The van der Waals surface area contributed by atoms with Gasteiger partial charge in [-0.15, -0.1) is 0 Å². The Labute approximate surface area is 372 Å². The van der Waals surface area contributed by atoms with E-state index in [-0.39, 0.29) is 26.1 Å². The predicted octanol–water partition coefficient (Wildman–Crippen LogP) is 12.1. The first-order chi connectivity index (χ1) is 29.4. The molecule has 3 atom stereocenters. The maximum absolute atomic E-state index is 12.7. The number of carbonyl (C=O) groups excluding carboxylic acids is 2. The van der Waals surface area contributed by atoms with E-state index in [2.05, 4.69) is 37.3 Å². The number of carbonyl (C=O) groups is 2. The van der Waals surface area contributed by atoms with Gasteiger partial charge in [0.25, 0.3) is 7.82 Å². The third-order valence-corrected chi connectivity index (χ3v) is 10.7. The molecule has 0 spiro atoms. The summed E-state index contributed by atoms with van der Waals surface area (Å²) in [5.41, 5.74) is 0. The molecule has 0 amide bonds. The SMILES string of the molecule is CC/C=C\C(O)C/C=C/C=C\C/C=C\C/C=C\CCCC(=O)OC[C@H](COP(=O)([O-])OCC[N+](C)(C)C)OC(=O)CCCCCCCCCCC/C=C\CCCCCCCC. The number of quaternary nitrogens is 1. The van der Waals surface area contributed by atoms with Crippen molar-refractivity contribution < 1.29 is 47.2 Å². The summed E-state index contributed by atoms with van der Waals surface area (Å²) in [5, 5.41) is 9.78. The molecule has 1 N–H and O–H groups in total. The molecule has 0 radical (unpaired) electrons. The molecular formula is C50H88NO9P. The second kappa shape index (κ2) is 41.4. The summed E-state index contributed by atoms with van der Waals surface area (Å²) in [4.78, 5) is 37.6. The van der Waals surface area contributed by atoms with Crippen LogP contribution in [0, 0.1) is 0 Å². The van der Waals surface area contributed by atoms with Gasteiger partial charge in [-0.1, -0.05) is 164 Å². The van der Waals surface area contributed by atoms with Crippen molar-refractivity contribution in [2.75, 3.05) is 47.5 Å². The molecule has 0 rings (SSSR count). The number of likely N-dealkylation sites (N-methyl/N-ethyl adjacent to an activating group) is 1. The van der Waals surface area contributed by atoms with E-state index in [0.29, 0.717) is 36.7 Å². The summed E-state index contributed by atoms with van der Waals surface area (Å²) >= 11 is 0. The number of unbranched alkanes of at least 4 members (excludes halogenated alkanes) is 16. The van der Waals surface area contributed by atoms with Crippen molar-refractivity contribution in [1.82, 2.24) is 0 Å². The lowest BCUT2D eigenvalue weighted by molar-refractivity contribution is -0.870. The van der Waals surface area contributed by atoms with E-state index in [9.17, 15) is 24.2 Å². The highest BCUT2D eigenvalue weighted by atomic mass is 31.2. The highest BCUT2D eigenvalue weighted by molar-refractivity contribution is 7.45. The molecule has 0 saturated heterocycles. The minimum absolute atomic E-state index is 0.0502. The molecule has 0 fully saturated rings. The van der Waals surface area contributed by atoms with Crippen molar-refractivity contribution in [2.24, 2.45) is 0 Å². The van der Waals surface area contributed by atoms with Gasteiger partial charge >= 0.3 is 11.9 Å². The van der Waals surface area contributed by atoms with Crippen molar-refractivity contribution in [1.29, 1.82) is 0 Å². The van der Waals surface area contributed by atoms with Crippen LogP contribution in [0.1, 0.15) is 174 Å². The zero-order chi connectivity index (χ0) is 45.1. The number of hydrogen-bond acceptors (Lipinski definition) is 9. The maximum Gasteiger partial charge on any atom is 0.306 e. The van der Waals surface area contributed by atoms with Gasteiger partial charge in [0.15, 0.2) is 6.10 Å². The van der Waals surface area contributed by atoms with Gasteiger partial charge in [0.05, 0.1) is 33.9 Å². The number of hydrogen-bond donors (Lipinski definition) is 1. The Hall–Kier alpha value is -2.59. The van der Waals surface area contributed by atoms with Gasteiger partial charge in [0, 0.05) is 12.8 Å². The summed E-state index contributed by atoms with van der Waals surface area (Å²) in [5.74, 6) is -0.932. The molecule has 11 heteroatoms. The fourth-order valence-electron chi connectivity index (χ4n) is 6.06. The van der Waals surface area contributed by atoms with Gasteiger partial charge in [-0.2, -0.15) is 0 Å². The molecule has 0 aromatic carbocycles. The van der Waals surface area contributed by atoms with Crippen LogP contribution in [0.2, 0.25) is 0 Å². The Bertz CT molecular complexity index is 1280. The summed E-state index contributed by atoms with van der Waals surface area (Å²) in [6.45, 7) is 3.90.